The van der Waals surface area contributed by atoms with Gasteiger partial charge in [0, 0.05) is 5.56 Å². The van der Waals surface area contributed by atoms with E-state index in [0.717, 1.165) is 0 Å². The second-order valence-electron chi connectivity index (χ2n) is 4.42. The third kappa shape index (κ3) is 2.53. The van der Waals surface area contributed by atoms with E-state index in [1.165, 1.54) is 6.07 Å². The molecule has 1 N–H and O–H groups in total. The summed E-state index contributed by atoms with van der Waals surface area (Å²) in [6.45, 7) is 1.06. The van der Waals surface area contributed by atoms with Gasteiger partial charge in [-0.3, -0.25) is 4.79 Å². The van der Waals surface area contributed by atoms with Crippen LogP contribution in [0.1, 0.15) is 22.8 Å². The first-order chi connectivity index (χ1) is 8.74. The monoisotopic (exact) mass is 322 g/mol. The van der Waals surface area contributed by atoms with Gasteiger partial charge in [0.1, 0.15) is 15.6 Å². The van der Waals surface area contributed by atoms with Crippen molar-refractivity contribution < 1.29 is 19.4 Å². The Morgan fingerprint density at radius 2 is 2.11 bits per heavy atom. The van der Waals surface area contributed by atoms with E-state index in [4.69, 9.17) is 44.6 Å². The first-order valence-electron chi connectivity index (χ1n) is 5.33. The first-order valence-corrected chi connectivity index (χ1v) is 6.46. The summed E-state index contributed by atoms with van der Waals surface area (Å²) < 4.78 is 5.04. The molecule has 1 unspecified atom stereocenters. The Bertz CT molecular complexity index is 581. The molecule has 1 aliphatic carbocycles. The van der Waals surface area contributed by atoms with Crippen molar-refractivity contribution >= 4 is 46.6 Å². The van der Waals surface area contributed by atoms with Gasteiger partial charge in [-0.25, -0.2) is 4.79 Å². The molecule has 0 radical (unpaired) electrons. The van der Waals surface area contributed by atoms with Crippen molar-refractivity contribution in [3.05, 3.63) is 27.2 Å². The molecule has 0 aliphatic heterocycles. The number of halogens is 3. The van der Waals surface area contributed by atoms with Gasteiger partial charge < -0.3 is 9.84 Å². The Kier molecular flexibility index (Phi) is 3.69. The Balaban J connectivity index is 2.46. The van der Waals surface area contributed by atoms with E-state index in [2.05, 4.69) is 0 Å². The molecule has 19 heavy (non-hydrogen) atoms. The fraction of sp³-hybridized carbons (Fsp3) is 0.333. The molecule has 4 nitrogen and oxygen atoms in total. The summed E-state index contributed by atoms with van der Waals surface area (Å²) in [5.41, 5.74) is 0.893. The van der Waals surface area contributed by atoms with Crippen LogP contribution in [0.25, 0.3) is 0 Å². The minimum atomic E-state index is -1.13. The highest BCUT2D eigenvalue weighted by atomic mass is 35.5. The van der Waals surface area contributed by atoms with E-state index in [9.17, 15) is 9.59 Å². The maximum Gasteiger partial charge on any atom is 0.341 e. The summed E-state index contributed by atoms with van der Waals surface area (Å²) in [5.74, 6) is -1.29. The molecule has 0 aromatic heterocycles. The van der Waals surface area contributed by atoms with E-state index in [-0.39, 0.29) is 27.1 Å². The van der Waals surface area contributed by atoms with Crippen LogP contribution in [0.3, 0.4) is 0 Å². The van der Waals surface area contributed by atoms with Crippen LogP contribution in [0.15, 0.2) is 6.07 Å². The number of hydrogen-bond acceptors (Lipinski definition) is 3. The lowest BCUT2D eigenvalue weighted by atomic mass is 10.1. The number of ether oxygens (including phenoxy) is 1. The molecule has 0 bridgehead atoms. The van der Waals surface area contributed by atoms with Crippen LogP contribution in [0.5, 0.6) is 5.75 Å². The van der Waals surface area contributed by atoms with Gasteiger partial charge in [0.15, 0.2) is 12.4 Å². The fourth-order valence-corrected chi connectivity index (χ4v) is 2.72. The summed E-state index contributed by atoms with van der Waals surface area (Å²) in [4.78, 5) is 21.5. The Hall–Kier alpha value is -0.970. The number of carboxylic acids is 1. The highest BCUT2D eigenvalue weighted by Gasteiger charge is 2.42. The van der Waals surface area contributed by atoms with Crippen LogP contribution in [-0.2, 0) is 11.2 Å². The number of fused-ring (bicyclic) bond motifs is 1. The number of ketones is 1. The predicted octanol–water partition coefficient (Wildman–Crippen LogP) is 3.19. The molecule has 0 saturated carbocycles. The SMILES string of the molecule is CC1(Cl)Cc2cc(OCC(=O)O)c(Cl)c(Cl)c2C1=O. The molecule has 102 valence electrons. The fourth-order valence-electron chi connectivity index (χ4n) is 1.98. The number of benzene rings is 1. The number of carbonyl (C=O) groups is 2. The molecule has 1 aliphatic rings. The summed E-state index contributed by atoms with van der Waals surface area (Å²) in [7, 11) is 0. The number of rotatable bonds is 3. The van der Waals surface area contributed by atoms with E-state index in [1.807, 2.05) is 0 Å². The Labute approximate surface area is 124 Å². The molecule has 1 aromatic rings. The average Bonchev–Trinajstić information content (AvgIpc) is 2.53. The number of Topliss-reactive ketones (excluding diaryl/α,β-unsaturated/α-hetero) is 1. The summed E-state index contributed by atoms with van der Waals surface area (Å²) in [5, 5.41) is 8.65. The lowest BCUT2D eigenvalue weighted by molar-refractivity contribution is -0.139. The van der Waals surface area contributed by atoms with Crippen LogP contribution in [-0.4, -0.2) is 28.3 Å². The van der Waals surface area contributed by atoms with E-state index in [0.29, 0.717) is 12.0 Å². The van der Waals surface area contributed by atoms with Gasteiger partial charge >= 0.3 is 5.97 Å². The van der Waals surface area contributed by atoms with Crippen LogP contribution >= 0.6 is 34.8 Å². The molecular weight excluding hydrogens is 314 g/mol. The van der Waals surface area contributed by atoms with Gasteiger partial charge in [-0.05, 0) is 25.0 Å². The smallest absolute Gasteiger partial charge is 0.341 e. The molecular formula is C12H9Cl3O4. The van der Waals surface area contributed by atoms with Crippen molar-refractivity contribution in [2.45, 2.75) is 18.2 Å². The van der Waals surface area contributed by atoms with E-state index >= 15 is 0 Å². The highest BCUT2D eigenvalue weighted by Crippen LogP contribution is 2.45. The third-order valence-corrected chi connectivity index (χ3v) is 3.98. The Morgan fingerprint density at radius 3 is 2.68 bits per heavy atom. The van der Waals surface area contributed by atoms with Gasteiger partial charge in [0.05, 0.1) is 5.02 Å². The van der Waals surface area contributed by atoms with Gasteiger partial charge in [0.25, 0.3) is 0 Å². The van der Waals surface area contributed by atoms with Gasteiger partial charge in [-0.15, -0.1) is 11.6 Å². The zero-order chi connectivity index (χ0) is 14.4. The first kappa shape index (κ1) is 14.4. The second-order valence-corrected chi connectivity index (χ2v) is 6.01. The molecule has 2 rings (SSSR count). The van der Waals surface area contributed by atoms with E-state index in [1.54, 1.807) is 6.92 Å². The van der Waals surface area contributed by atoms with Gasteiger partial charge in [-0.2, -0.15) is 0 Å². The normalized spacial score (nSPS) is 21.4. The molecule has 0 fully saturated rings. The highest BCUT2D eigenvalue weighted by molar-refractivity contribution is 6.48. The van der Waals surface area contributed by atoms with Crippen molar-refractivity contribution in [1.29, 1.82) is 0 Å². The summed E-state index contributed by atoms with van der Waals surface area (Å²) in [6.07, 6.45) is 0.295. The average molecular weight is 324 g/mol. The van der Waals surface area contributed by atoms with Crippen molar-refractivity contribution in [2.75, 3.05) is 6.61 Å². The van der Waals surface area contributed by atoms with Gasteiger partial charge in [0.2, 0.25) is 0 Å². The van der Waals surface area contributed by atoms with Crippen molar-refractivity contribution in [1.82, 2.24) is 0 Å². The van der Waals surface area contributed by atoms with E-state index < -0.39 is 17.5 Å². The second kappa shape index (κ2) is 4.85. The van der Waals surface area contributed by atoms with Crippen LogP contribution in [0, 0.1) is 0 Å². The molecule has 1 atom stereocenters. The van der Waals surface area contributed by atoms with Crippen LogP contribution < -0.4 is 4.74 Å². The lowest BCUT2D eigenvalue weighted by Gasteiger charge is -2.10. The topological polar surface area (TPSA) is 63.6 Å². The standard InChI is InChI=1S/C12H9Cl3O4/c1-12(15)3-5-2-6(19-4-7(16)17)9(13)10(14)8(5)11(12)18/h2H,3-4H2,1H3,(H,16,17). The summed E-state index contributed by atoms with van der Waals surface area (Å²) in [6, 6.07) is 1.51. The quantitative estimate of drug-likeness (QED) is 0.868. The van der Waals surface area contributed by atoms with Crippen LogP contribution in [0.2, 0.25) is 10.0 Å². The molecule has 0 heterocycles. The zero-order valence-electron chi connectivity index (χ0n) is 9.80. The maximum absolute atomic E-state index is 12.1. The molecule has 0 spiro atoms. The zero-order valence-corrected chi connectivity index (χ0v) is 12.1. The van der Waals surface area contributed by atoms with Crippen molar-refractivity contribution in [3.63, 3.8) is 0 Å². The minimum absolute atomic E-state index is 0.0179. The molecule has 1 aromatic carbocycles. The number of hydrogen-bond donors (Lipinski definition) is 1. The summed E-state index contributed by atoms with van der Waals surface area (Å²) >= 11 is 18.1. The van der Waals surface area contributed by atoms with Crippen LogP contribution in [0.4, 0.5) is 0 Å². The minimum Gasteiger partial charge on any atom is -0.480 e. The number of aliphatic carboxylic acids is 1. The Morgan fingerprint density at radius 1 is 1.47 bits per heavy atom. The number of alkyl halides is 1. The number of carboxylic acid groups (broad SMARTS) is 1. The molecule has 0 saturated heterocycles. The number of carbonyl (C=O) groups excluding carboxylic acids is 1. The predicted molar refractivity (Wildman–Crippen MR) is 71.9 cm³/mol. The third-order valence-electron chi connectivity index (χ3n) is 2.83. The van der Waals surface area contributed by atoms with Crippen molar-refractivity contribution in [3.8, 4) is 5.75 Å². The van der Waals surface area contributed by atoms with Crippen molar-refractivity contribution in [2.24, 2.45) is 0 Å². The lowest BCUT2D eigenvalue weighted by Crippen LogP contribution is -2.24. The van der Waals surface area contributed by atoms with Gasteiger partial charge in [-0.1, -0.05) is 23.2 Å². The molecule has 7 heteroatoms. The molecule has 0 amide bonds. The largest absolute Gasteiger partial charge is 0.480 e. The maximum atomic E-state index is 12.1.